The summed E-state index contributed by atoms with van der Waals surface area (Å²) in [6, 6.07) is 6.16. The maximum absolute atomic E-state index is 4.27. The average Bonchev–Trinajstić information content (AvgIpc) is 2.80. The minimum Gasteiger partial charge on any atom is -0.369 e. The zero-order chi connectivity index (χ0) is 11.4. The van der Waals surface area contributed by atoms with E-state index in [0.29, 0.717) is 0 Å². The fourth-order valence-corrected chi connectivity index (χ4v) is 2.26. The molecule has 0 saturated carbocycles. The second-order valence-corrected chi connectivity index (χ2v) is 4.61. The van der Waals surface area contributed by atoms with Crippen molar-refractivity contribution in [3.8, 4) is 10.6 Å². The van der Waals surface area contributed by atoms with Crippen molar-refractivity contribution in [1.29, 1.82) is 0 Å². The molecule has 0 atom stereocenters. The third-order valence-electron chi connectivity index (χ3n) is 2.30. The Bertz CT molecular complexity index is 451. The van der Waals surface area contributed by atoms with Gasteiger partial charge in [0.15, 0.2) is 0 Å². The van der Waals surface area contributed by atoms with Crippen LogP contribution >= 0.6 is 11.3 Å². The van der Waals surface area contributed by atoms with E-state index in [9.17, 15) is 0 Å². The van der Waals surface area contributed by atoms with Crippen LogP contribution < -0.4 is 5.32 Å². The molecule has 0 spiro atoms. The van der Waals surface area contributed by atoms with Gasteiger partial charge in [0, 0.05) is 6.54 Å². The zero-order valence-corrected chi connectivity index (χ0v) is 10.3. The Morgan fingerprint density at radius 1 is 1.38 bits per heavy atom. The van der Waals surface area contributed by atoms with Gasteiger partial charge in [0.2, 0.25) is 0 Å². The van der Waals surface area contributed by atoms with E-state index in [1.807, 2.05) is 6.07 Å². The first-order chi connectivity index (χ1) is 7.81. The monoisotopic (exact) mass is 233 g/mol. The van der Waals surface area contributed by atoms with Gasteiger partial charge in [0.25, 0.3) is 0 Å². The summed E-state index contributed by atoms with van der Waals surface area (Å²) in [4.78, 5) is 1.17. The van der Waals surface area contributed by atoms with Crippen molar-refractivity contribution in [2.45, 2.75) is 20.3 Å². The Balaban J connectivity index is 2.23. The topological polar surface area (TPSA) is 37.8 Å². The molecule has 1 N–H and O–H groups in total. The number of nitrogens with zero attached hydrogens (tertiary/aromatic N) is 2. The van der Waals surface area contributed by atoms with E-state index in [2.05, 4.69) is 46.9 Å². The predicted octanol–water partition coefficient (Wildman–Crippen LogP) is 3.34. The van der Waals surface area contributed by atoms with E-state index in [1.165, 1.54) is 4.88 Å². The van der Waals surface area contributed by atoms with Crippen LogP contribution in [0.5, 0.6) is 0 Å². The Hall–Kier alpha value is -1.42. The second-order valence-electron chi connectivity index (χ2n) is 3.67. The van der Waals surface area contributed by atoms with Crippen LogP contribution in [0.15, 0.2) is 23.6 Å². The Kier molecular flexibility index (Phi) is 3.51. The van der Waals surface area contributed by atoms with E-state index in [1.54, 1.807) is 11.3 Å². The van der Waals surface area contributed by atoms with E-state index in [-0.39, 0.29) is 0 Å². The molecule has 0 bridgehead atoms. The van der Waals surface area contributed by atoms with Gasteiger partial charge in [-0.25, -0.2) is 0 Å². The summed E-state index contributed by atoms with van der Waals surface area (Å²) in [5.74, 6) is 0.861. The summed E-state index contributed by atoms with van der Waals surface area (Å²) in [6.07, 6.45) is 1.09. The van der Waals surface area contributed by atoms with Gasteiger partial charge in [-0.3, -0.25) is 0 Å². The first kappa shape index (κ1) is 11.1. The minimum absolute atomic E-state index is 0.861. The van der Waals surface area contributed by atoms with Crippen LogP contribution in [-0.2, 0) is 0 Å². The summed E-state index contributed by atoms with van der Waals surface area (Å²) in [7, 11) is 0. The highest BCUT2D eigenvalue weighted by atomic mass is 32.1. The standard InChI is InChI=1S/C12H15N3S/c1-3-6-13-11-8-9(2)12(15-14-11)10-5-4-7-16-10/h4-5,7-8H,3,6H2,1-2H3,(H,13,14). The highest BCUT2D eigenvalue weighted by molar-refractivity contribution is 7.13. The van der Waals surface area contributed by atoms with Gasteiger partial charge >= 0.3 is 0 Å². The molecule has 0 amide bonds. The van der Waals surface area contributed by atoms with Crippen molar-refractivity contribution in [2.75, 3.05) is 11.9 Å². The van der Waals surface area contributed by atoms with E-state index >= 15 is 0 Å². The fraction of sp³-hybridized carbons (Fsp3) is 0.333. The lowest BCUT2D eigenvalue weighted by molar-refractivity contribution is 0.942. The van der Waals surface area contributed by atoms with Gasteiger partial charge in [-0.2, -0.15) is 0 Å². The molecular formula is C12H15N3S. The summed E-state index contributed by atoms with van der Waals surface area (Å²) in [5.41, 5.74) is 2.15. The summed E-state index contributed by atoms with van der Waals surface area (Å²) < 4.78 is 0. The van der Waals surface area contributed by atoms with Gasteiger partial charge < -0.3 is 5.32 Å². The van der Waals surface area contributed by atoms with Crippen molar-refractivity contribution in [3.63, 3.8) is 0 Å². The lowest BCUT2D eigenvalue weighted by Gasteiger charge is -2.06. The van der Waals surface area contributed by atoms with Crippen molar-refractivity contribution in [3.05, 3.63) is 29.1 Å². The van der Waals surface area contributed by atoms with Crippen LogP contribution in [0.4, 0.5) is 5.82 Å². The number of thiophene rings is 1. The molecule has 3 nitrogen and oxygen atoms in total. The maximum Gasteiger partial charge on any atom is 0.148 e. The third-order valence-corrected chi connectivity index (χ3v) is 3.17. The number of hydrogen-bond donors (Lipinski definition) is 1. The second kappa shape index (κ2) is 5.07. The van der Waals surface area contributed by atoms with Crippen molar-refractivity contribution >= 4 is 17.2 Å². The molecule has 0 fully saturated rings. The highest BCUT2D eigenvalue weighted by Gasteiger charge is 2.06. The molecule has 4 heteroatoms. The number of rotatable bonds is 4. The van der Waals surface area contributed by atoms with E-state index in [4.69, 9.17) is 0 Å². The zero-order valence-electron chi connectivity index (χ0n) is 9.53. The number of aryl methyl sites for hydroxylation is 1. The van der Waals surface area contributed by atoms with Crippen molar-refractivity contribution in [2.24, 2.45) is 0 Å². The van der Waals surface area contributed by atoms with Crippen LogP contribution in [-0.4, -0.2) is 16.7 Å². The number of hydrogen-bond acceptors (Lipinski definition) is 4. The molecule has 2 heterocycles. The largest absolute Gasteiger partial charge is 0.369 e. The summed E-state index contributed by atoms with van der Waals surface area (Å²) in [6.45, 7) is 5.14. The van der Waals surface area contributed by atoms with Crippen molar-refractivity contribution in [1.82, 2.24) is 10.2 Å². The SMILES string of the molecule is CCCNc1cc(C)c(-c2cccs2)nn1. The molecular weight excluding hydrogens is 218 g/mol. The van der Waals surface area contributed by atoms with Gasteiger partial charge in [-0.15, -0.1) is 21.5 Å². The van der Waals surface area contributed by atoms with Crippen molar-refractivity contribution < 1.29 is 0 Å². The molecule has 2 aromatic rings. The van der Waals surface area contributed by atoms with E-state index in [0.717, 1.165) is 30.0 Å². The minimum atomic E-state index is 0.861. The third kappa shape index (κ3) is 2.39. The highest BCUT2D eigenvalue weighted by Crippen LogP contribution is 2.25. The van der Waals surface area contributed by atoms with Gasteiger partial charge in [-0.05, 0) is 36.4 Å². The molecule has 0 unspecified atom stereocenters. The summed E-state index contributed by atoms with van der Waals surface area (Å²) >= 11 is 1.69. The Labute approximate surface area is 99.5 Å². The lowest BCUT2D eigenvalue weighted by Crippen LogP contribution is -2.04. The molecule has 2 aromatic heterocycles. The van der Waals surface area contributed by atoms with Gasteiger partial charge in [-0.1, -0.05) is 13.0 Å². The van der Waals surface area contributed by atoms with Crippen LogP contribution in [0.25, 0.3) is 10.6 Å². The summed E-state index contributed by atoms with van der Waals surface area (Å²) in [5, 5.41) is 13.7. The van der Waals surface area contributed by atoms with Crippen LogP contribution in [0.1, 0.15) is 18.9 Å². The first-order valence-electron chi connectivity index (χ1n) is 5.43. The van der Waals surface area contributed by atoms with Crippen LogP contribution in [0, 0.1) is 6.92 Å². The van der Waals surface area contributed by atoms with Gasteiger partial charge in [0.05, 0.1) is 4.88 Å². The maximum atomic E-state index is 4.27. The molecule has 84 valence electrons. The van der Waals surface area contributed by atoms with E-state index < -0.39 is 0 Å². The predicted molar refractivity (Wildman–Crippen MR) is 68.9 cm³/mol. The van der Waals surface area contributed by atoms with Gasteiger partial charge in [0.1, 0.15) is 11.5 Å². The average molecular weight is 233 g/mol. The smallest absolute Gasteiger partial charge is 0.148 e. The molecule has 0 radical (unpaired) electrons. The Morgan fingerprint density at radius 2 is 2.25 bits per heavy atom. The number of nitrogens with one attached hydrogen (secondary N) is 1. The van der Waals surface area contributed by atoms with Crippen LogP contribution in [0.2, 0.25) is 0 Å². The first-order valence-corrected chi connectivity index (χ1v) is 6.31. The lowest BCUT2D eigenvalue weighted by atomic mass is 10.2. The molecule has 0 aliphatic heterocycles. The normalized spacial score (nSPS) is 10.4. The van der Waals surface area contributed by atoms with Crippen LogP contribution in [0.3, 0.4) is 0 Å². The molecule has 0 saturated heterocycles. The number of anilines is 1. The number of aromatic nitrogens is 2. The Morgan fingerprint density at radius 3 is 2.88 bits per heavy atom. The molecule has 0 aliphatic carbocycles. The molecule has 0 aromatic carbocycles. The molecule has 2 rings (SSSR count). The molecule has 16 heavy (non-hydrogen) atoms. The fourth-order valence-electron chi connectivity index (χ4n) is 1.48. The molecule has 0 aliphatic rings. The quantitative estimate of drug-likeness (QED) is 0.880.